The number of hydrogen-bond acceptors (Lipinski definition) is 2. The van der Waals surface area contributed by atoms with Crippen LogP contribution in [0.4, 0.5) is 0 Å². The highest BCUT2D eigenvalue weighted by Gasteiger charge is 2.44. The molecule has 3 rings (SSSR count). The molecule has 0 amide bonds. The number of methoxy groups -OCH3 is 1. The molecule has 1 aliphatic carbocycles. The number of ketones is 1. The van der Waals surface area contributed by atoms with E-state index in [0.717, 1.165) is 23.3 Å². The predicted molar refractivity (Wildman–Crippen MR) is 79.4 cm³/mol. The lowest BCUT2D eigenvalue weighted by Gasteiger charge is -2.07. The number of benzene rings is 2. The van der Waals surface area contributed by atoms with E-state index in [0.29, 0.717) is 5.92 Å². The van der Waals surface area contributed by atoms with Gasteiger partial charge >= 0.3 is 0 Å². The molecule has 2 aromatic rings. The van der Waals surface area contributed by atoms with E-state index in [1.54, 1.807) is 7.11 Å². The van der Waals surface area contributed by atoms with Crippen LogP contribution in [0.1, 0.15) is 33.8 Å². The van der Waals surface area contributed by atoms with Gasteiger partial charge in [0.05, 0.1) is 7.11 Å². The predicted octanol–water partition coefficient (Wildman–Crippen LogP) is 3.99. The number of hydrogen-bond donors (Lipinski definition) is 0. The Kier molecular flexibility index (Phi) is 3.31. The van der Waals surface area contributed by atoms with Crippen molar-refractivity contribution in [1.82, 2.24) is 0 Å². The van der Waals surface area contributed by atoms with Crippen molar-refractivity contribution in [3.8, 4) is 5.75 Å². The van der Waals surface area contributed by atoms with E-state index in [9.17, 15) is 4.79 Å². The first-order chi connectivity index (χ1) is 9.70. The summed E-state index contributed by atoms with van der Waals surface area (Å²) in [6.07, 6.45) is 0.967. The van der Waals surface area contributed by atoms with Crippen LogP contribution >= 0.6 is 0 Å². The van der Waals surface area contributed by atoms with Crippen LogP contribution in [-0.4, -0.2) is 12.9 Å². The molecule has 2 heteroatoms. The molecule has 1 saturated carbocycles. The van der Waals surface area contributed by atoms with Crippen molar-refractivity contribution in [2.45, 2.75) is 19.3 Å². The summed E-state index contributed by atoms with van der Waals surface area (Å²) in [6, 6.07) is 16.0. The molecule has 2 unspecified atom stereocenters. The topological polar surface area (TPSA) is 26.3 Å². The lowest BCUT2D eigenvalue weighted by Crippen LogP contribution is -2.05. The van der Waals surface area contributed by atoms with Crippen molar-refractivity contribution in [2.75, 3.05) is 7.11 Å². The molecule has 0 saturated heterocycles. The van der Waals surface area contributed by atoms with Gasteiger partial charge in [0.15, 0.2) is 5.78 Å². The summed E-state index contributed by atoms with van der Waals surface area (Å²) >= 11 is 0. The Balaban J connectivity index is 1.78. The Labute approximate surface area is 119 Å². The molecule has 2 atom stereocenters. The van der Waals surface area contributed by atoms with Crippen LogP contribution in [0.25, 0.3) is 0 Å². The van der Waals surface area contributed by atoms with Crippen LogP contribution in [0.2, 0.25) is 0 Å². The number of Topliss-reactive ketones (excluding diaryl/α,β-unsaturated/α-hetero) is 1. The minimum absolute atomic E-state index is 0.143. The lowest BCUT2D eigenvalue weighted by molar-refractivity contribution is 0.0964. The Morgan fingerprint density at radius 1 is 1.15 bits per heavy atom. The summed E-state index contributed by atoms with van der Waals surface area (Å²) < 4.78 is 5.18. The van der Waals surface area contributed by atoms with Gasteiger partial charge in [0.2, 0.25) is 0 Å². The molecule has 0 N–H and O–H groups in total. The first-order valence-corrected chi connectivity index (χ1v) is 6.94. The van der Waals surface area contributed by atoms with Crippen molar-refractivity contribution >= 4 is 5.78 Å². The van der Waals surface area contributed by atoms with E-state index >= 15 is 0 Å². The summed E-state index contributed by atoms with van der Waals surface area (Å²) in [5.74, 6) is 1.60. The van der Waals surface area contributed by atoms with Gasteiger partial charge in [-0.15, -0.1) is 0 Å². The van der Waals surface area contributed by atoms with Crippen molar-refractivity contribution in [1.29, 1.82) is 0 Å². The number of carbonyl (C=O) groups is 1. The summed E-state index contributed by atoms with van der Waals surface area (Å²) in [4.78, 5) is 12.6. The molecule has 2 aromatic carbocycles. The van der Waals surface area contributed by atoms with Crippen LogP contribution in [0.3, 0.4) is 0 Å². The van der Waals surface area contributed by atoms with Gasteiger partial charge in [0.1, 0.15) is 5.75 Å². The minimum Gasteiger partial charge on any atom is -0.497 e. The van der Waals surface area contributed by atoms with Gasteiger partial charge in [-0.25, -0.2) is 0 Å². The number of aryl methyl sites for hydroxylation is 1. The summed E-state index contributed by atoms with van der Waals surface area (Å²) in [6.45, 7) is 1.97. The van der Waals surface area contributed by atoms with Crippen LogP contribution in [-0.2, 0) is 0 Å². The first kappa shape index (κ1) is 12.9. The molecule has 1 fully saturated rings. The third-order valence-corrected chi connectivity index (χ3v) is 4.05. The van der Waals surface area contributed by atoms with E-state index in [4.69, 9.17) is 4.74 Å². The van der Waals surface area contributed by atoms with Crippen LogP contribution < -0.4 is 4.74 Å². The van der Waals surface area contributed by atoms with E-state index in [1.165, 1.54) is 5.56 Å². The highest BCUT2D eigenvalue weighted by molar-refractivity contribution is 6.01. The Bertz CT molecular complexity index is 631. The van der Waals surface area contributed by atoms with Crippen LogP contribution in [0.15, 0.2) is 48.5 Å². The molecule has 0 radical (unpaired) electrons. The van der Waals surface area contributed by atoms with Crippen molar-refractivity contribution in [3.05, 3.63) is 65.2 Å². The fourth-order valence-electron chi connectivity index (χ4n) is 2.79. The average molecular weight is 266 g/mol. The van der Waals surface area contributed by atoms with Gasteiger partial charge in [-0.3, -0.25) is 4.79 Å². The summed E-state index contributed by atoms with van der Waals surface area (Å²) in [7, 11) is 1.64. The fraction of sp³-hybridized carbons (Fsp3) is 0.278. The molecule has 0 bridgehead atoms. The standard InChI is InChI=1S/C18H18O2/c1-12-10-14(20-2)8-9-15(12)18(19)17-11-16(17)13-6-4-3-5-7-13/h3-10,16-17H,11H2,1-2H3. The molecule has 102 valence electrons. The van der Waals surface area contributed by atoms with E-state index in [-0.39, 0.29) is 11.7 Å². The molecule has 1 aliphatic rings. The second kappa shape index (κ2) is 5.12. The molecule has 20 heavy (non-hydrogen) atoms. The van der Waals surface area contributed by atoms with Crippen molar-refractivity contribution in [3.63, 3.8) is 0 Å². The Hall–Kier alpha value is -2.09. The maximum absolute atomic E-state index is 12.6. The van der Waals surface area contributed by atoms with E-state index < -0.39 is 0 Å². The van der Waals surface area contributed by atoms with E-state index in [2.05, 4.69) is 12.1 Å². The molecular weight excluding hydrogens is 248 g/mol. The summed E-state index contributed by atoms with van der Waals surface area (Å²) in [5.41, 5.74) is 3.10. The van der Waals surface area contributed by atoms with Gasteiger partial charge in [0, 0.05) is 11.5 Å². The lowest BCUT2D eigenvalue weighted by atomic mass is 9.99. The zero-order chi connectivity index (χ0) is 14.1. The maximum Gasteiger partial charge on any atom is 0.166 e. The van der Waals surface area contributed by atoms with Gasteiger partial charge in [-0.1, -0.05) is 30.3 Å². The van der Waals surface area contributed by atoms with Crippen molar-refractivity contribution in [2.24, 2.45) is 5.92 Å². The zero-order valence-corrected chi connectivity index (χ0v) is 11.8. The molecule has 0 aromatic heterocycles. The monoisotopic (exact) mass is 266 g/mol. The Morgan fingerprint density at radius 3 is 2.55 bits per heavy atom. The number of rotatable bonds is 4. The first-order valence-electron chi connectivity index (χ1n) is 6.94. The zero-order valence-electron chi connectivity index (χ0n) is 11.8. The Morgan fingerprint density at radius 2 is 1.90 bits per heavy atom. The second-order valence-corrected chi connectivity index (χ2v) is 5.40. The van der Waals surface area contributed by atoms with Gasteiger partial charge < -0.3 is 4.74 Å². The molecule has 0 aliphatic heterocycles. The average Bonchev–Trinajstić information content (AvgIpc) is 3.28. The highest BCUT2D eigenvalue weighted by atomic mass is 16.5. The molecule has 2 nitrogen and oxygen atoms in total. The van der Waals surface area contributed by atoms with Gasteiger partial charge in [-0.05, 0) is 48.6 Å². The third kappa shape index (κ3) is 2.34. The molecule has 0 heterocycles. The van der Waals surface area contributed by atoms with Gasteiger partial charge in [0.25, 0.3) is 0 Å². The maximum atomic E-state index is 12.6. The number of carbonyl (C=O) groups excluding carboxylic acids is 1. The quantitative estimate of drug-likeness (QED) is 0.782. The number of ether oxygens (including phenoxy) is 1. The molecule has 0 spiro atoms. The molecular formula is C18H18O2. The smallest absolute Gasteiger partial charge is 0.166 e. The largest absolute Gasteiger partial charge is 0.497 e. The minimum atomic E-state index is 0.143. The SMILES string of the molecule is COc1ccc(C(=O)C2CC2c2ccccc2)c(C)c1. The van der Waals surface area contributed by atoms with Crippen LogP contribution in [0, 0.1) is 12.8 Å². The highest BCUT2D eigenvalue weighted by Crippen LogP contribution is 2.49. The third-order valence-electron chi connectivity index (χ3n) is 4.05. The fourth-order valence-corrected chi connectivity index (χ4v) is 2.79. The summed E-state index contributed by atoms with van der Waals surface area (Å²) in [5, 5.41) is 0. The van der Waals surface area contributed by atoms with E-state index in [1.807, 2.05) is 43.3 Å². The van der Waals surface area contributed by atoms with Crippen molar-refractivity contribution < 1.29 is 9.53 Å². The normalized spacial score (nSPS) is 20.5. The second-order valence-electron chi connectivity index (χ2n) is 5.40. The van der Waals surface area contributed by atoms with Crippen LogP contribution in [0.5, 0.6) is 5.75 Å². The van der Waals surface area contributed by atoms with Gasteiger partial charge in [-0.2, -0.15) is 0 Å².